The molecule has 0 saturated carbocycles. The van der Waals surface area contributed by atoms with Crippen molar-refractivity contribution in [2.24, 2.45) is 11.3 Å². The number of allylic oxidation sites excluding steroid dienone is 4. The number of hydrogen-bond acceptors (Lipinski definition) is 0. The molecule has 1 unspecified atom stereocenters. The number of fused-ring (bicyclic) bond motifs is 2. The van der Waals surface area contributed by atoms with E-state index in [0.717, 1.165) is 0 Å². The zero-order chi connectivity index (χ0) is 39.2. The largest absolute Gasteiger partial charge is 0.0732 e. The molecule has 0 aromatic heterocycles. The maximum absolute atomic E-state index is 2.57. The molecule has 0 spiro atoms. The molecule has 1 atom stereocenters. The van der Waals surface area contributed by atoms with Gasteiger partial charge in [-0.1, -0.05) is 184 Å². The van der Waals surface area contributed by atoms with Gasteiger partial charge in [-0.25, -0.2) is 0 Å². The molecule has 6 rings (SSSR count). The van der Waals surface area contributed by atoms with Gasteiger partial charge in [0.05, 0.1) is 0 Å². The fourth-order valence-electron chi connectivity index (χ4n) is 8.64. The molecule has 0 heterocycles. The van der Waals surface area contributed by atoms with Gasteiger partial charge in [0.25, 0.3) is 0 Å². The second-order valence-electron chi connectivity index (χ2n) is 21.3. The topological polar surface area (TPSA) is 0 Å². The van der Waals surface area contributed by atoms with Gasteiger partial charge in [0.15, 0.2) is 0 Å². The van der Waals surface area contributed by atoms with Crippen LogP contribution >= 0.6 is 0 Å². The first-order chi connectivity index (χ1) is 24.3. The van der Waals surface area contributed by atoms with Gasteiger partial charge >= 0.3 is 0 Å². The van der Waals surface area contributed by atoms with Crippen molar-refractivity contribution in [3.63, 3.8) is 0 Å². The molecule has 4 aromatic rings. The Bertz CT molecular complexity index is 2310. The predicted molar refractivity (Wildman–Crippen MR) is 232 cm³/mol. The zero-order valence-electron chi connectivity index (χ0n) is 36.2. The molecular weight excluding hydrogens is 637 g/mol. The first-order valence-electron chi connectivity index (χ1n) is 20.0. The van der Waals surface area contributed by atoms with E-state index >= 15 is 0 Å². The standard InChI is InChI=1S/C53H66/c1-32-28-43(52(12,13)14)33(2)45(32)47-42-29-36-22-27-39(51(9,10)11)30-40(36)41(42)31-44(53(15,16)17)48(47)46(34-18-23-37(24-19-34)49(3,4)5)35-20-25-38(26-21-35)50(6,7)8/h18-32H,1-17H3. The van der Waals surface area contributed by atoms with Crippen LogP contribution in [0.1, 0.15) is 162 Å². The summed E-state index contributed by atoms with van der Waals surface area (Å²) in [7, 11) is 0. The minimum absolute atomic E-state index is 0.0530. The Balaban J connectivity index is 1.92. The molecule has 2 aliphatic rings. The van der Waals surface area contributed by atoms with E-state index in [9.17, 15) is 0 Å². The predicted octanol–water partition coefficient (Wildman–Crippen LogP) is 12.9. The lowest BCUT2D eigenvalue weighted by molar-refractivity contribution is 0.510. The van der Waals surface area contributed by atoms with Gasteiger partial charge in [-0.2, -0.15) is 0 Å². The number of hydrogen-bond donors (Lipinski definition) is 0. The van der Waals surface area contributed by atoms with E-state index in [0.29, 0.717) is 0 Å². The first-order valence-corrected chi connectivity index (χ1v) is 20.0. The van der Waals surface area contributed by atoms with Crippen LogP contribution in [0.2, 0.25) is 0 Å². The first kappa shape index (κ1) is 38.8. The molecule has 0 N–H and O–H groups in total. The number of benzene rings is 4. The summed E-state index contributed by atoms with van der Waals surface area (Å²) < 4.78 is 0. The Kier molecular flexibility index (Phi) is 9.42. The minimum Gasteiger partial charge on any atom is -0.0732 e. The van der Waals surface area contributed by atoms with Gasteiger partial charge in [0, 0.05) is 5.92 Å². The molecule has 0 bridgehead atoms. The van der Waals surface area contributed by atoms with E-state index in [1.807, 2.05) is 0 Å². The van der Waals surface area contributed by atoms with Gasteiger partial charge in [0.2, 0.25) is 0 Å². The van der Waals surface area contributed by atoms with Gasteiger partial charge in [-0.05, 0) is 134 Å². The average Bonchev–Trinajstić information content (AvgIpc) is 3.55. The second kappa shape index (κ2) is 12.9. The van der Waals surface area contributed by atoms with Crippen molar-refractivity contribution in [3.8, 4) is 0 Å². The SMILES string of the molecule is CC1=C(c2c3c(cc(C(C)(C)C)c2=C(c2ccc(C(C)(C)C)cc2)c2ccc(C(C)(C)C)cc2)=c2cc(C(C)(C)C)ccc2=C3)C(C)C=C1C(C)(C)C. The summed E-state index contributed by atoms with van der Waals surface area (Å²) >= 11 is 0. The van der Waals surface area contributed by atoms with Crippen LogP contribution in [0.25, 0.3) is 17.2 Å². The van der Waals surface area contributed by atoms with Crippen molar-refractivity contribution in [2.45, 2.75) is 139 Å². The third-order valence-electron chi connectivity index (χ3n) is 11.8. The monoisotopic (exact) mass is 703 g/mol. The maximum atomic E-state index is 2.57. The lowest BCUT2D eigenvalue weighted by Gasteiger charge is -2.28. The zero-order valence-corrected chi connectivity index (χ0v) is 36.2. The Morgan fingerprint density at radius 2 is 0.981 bits per heavy atom. The fourth-order valence-corrected chi connectivity index (χ4v) is 8.64. The van der Waals surface area contributed by atoms with E-state index in [1.165, 1.54) is 87.7 Å². The normalized spacial score (nSPS) is 16.4. The van der Waals surface area contributed by atoms with Crippen LogP contribution in [0.3, 0.4) is 0 Å². The second-order valence-corrected chi connectivity index (χ2v) is 21.3. The highest BCUT2D eigenvalue weighted by molar-refractivity contribution is 5.90. The van der Waals surface area contributed by atoms with Crippen molar-refractivity contribution < 1.29 is 0 Å². The Morgan fingerprint density at radius 1 is 0.509 bits per heavy atom. The molecule has 0 radical (unpaired) electrons. The minimum atomic E-state index is -0.123. The van der Waals surface area contributed by atoms with Crippen LogP contribution in [0, 0.1) is 21.8 Å². The van der Waals surface area contributed by atoms with E-state index in [4.69, 9.17) is 0 Å². The molecule has 278 valence electrons. The summed E-state index contributed by atoms with van der Waals surface area (Å²) in [5.74, 6) is 0.289. The molecule has 0 heteroatoms. The van der Waals surface area contributed by atoms with Gasteiger partial charge in [0.1, 0.15) is 0 Å². The van der Waals surface area contributed by atoms with Crippen molar-refractivity contribution in [2.75, 3.05) is 0 Å². The molecule has 4 aromatic carbocycles. The Morgan fingerprint density at radius 3 is 1.40 bits per heavy atom. The van der Waals surface area contributed by atoms with Crippen LogP contribution < -0.4 is 10.4 Å². The third kappa shape index (κ3) is 7.21. The van der Waals surface area contributed by atoms with Crippen molar-refractivity contribution in [1.29, 1.82) is 0 Å². The van der Waals surface area contributed by atoms with Gasteiger partial charge in [-0.15, -0.1) is 0 Å². The smallest absolute Gasteiger partial charge is 0.000480 e. The van der Waals surface area contributed by atoms with E-state index in [-0.39, 0.29) is 33.0 Å². The molecule has 0 fully saturated rings. The lowest BCUT2D eigenvalue weighted by atomic mass is 9.76. The van der Waals surface area contributed by atoms with Crippen molar-refractivity contribution >= 4 is 17.2 Å². The summed E-state index contributed by atoms with van der Waals surface area (Å²) in [6.07, 6.45) is 5.06. The number of rotatable bonds is 3. The van der Waals surface area contributed by atoms with Crippen LogP contribution in [-0.2, 0) is 21.7 Å². The highest BCUT2D eigenvalue weighted by Gasteiger charge is 2.33. The molecular formula is C53H66. The Labute approximate surface area is 322 Å². The molecule has 0 amide bonds. The van der Waals surface area contributed by atoms with Crippen LogP contribution in [-0.4, -0.2) is 0 Å². The van der Waals surface area contributed by atoms with Crippen LogP contribution in [0.5, 0.6) is 0 Å². The third-order valence-corrected chi connectivity index (χ3v) is 11.8. The lowest BCUT2D eigenvalue weighted by Crippen LogP contribution is -2.30. The van der Waals surface area contributed by atoms with E-state index in [2.05, 4.69) is 203 Å². The average molecular weight is 703 g/mol. The van der Waals surface area contributed by atoms with Crippen LogP contribution in [0.4, 0.5) is 0 Å². The van der Waals surface area contributed by atoms with Gasteiger partial charge in [-0.3, -0.25) is 0 Å². The van der Waals surface area contributed by atoms with Crippen molar-refractivity contribution in [1.82, 2.24) is 0 Å². The summed E-state index contributed by atoms with van der Waals surface area (Å²) in [5, 5.41) is 5.44. The molecule has 0 nitrogen and oxygen atoms in total. The summed E-state index contributed by atoms with van der Waals surface area (Å²) in [5.41, 5.74) is 16.7. The fraction of sp³-hybridized carbons (Fsp3) is 0.434. The van der Waals surface area contributed by atoms with Crippen molar-refractivity contribution in [3.05, 3.63) is 155 Å². The summed E-state index contributed by atoms with van der Waals surface area (Å²) in [6.45, 7) is 40.0. The maximum Gasteiger partial charge on any atom is 0.000480 e. The summed E-state index contributed by atoms with van der Waals surface area (Å²) in [6, 6.07) is 28.8. The van der Waals surface area contributed by atoms with Crippen LogP contribution in [0.15, 0.2) is 90.0 Å². The van der Waals surface area contributed by atoms with E-state index < -0.39 is 0 Å². The summed E-state index contributed by atoms with van der Waals surface area (Å²) in [4.78, 5) is 0. The molecule has 0 aliphatic heterocycles. The van der Waals surface area contributed by atoms with E-state index in [1.54, 1.807) is 0 Å². The quantitative estimate of drug-likeness (QED) is 0.176. The highest BCUT2D eigenvalue weighted by atomic mass is 14.4. The Hall–Kier alpha value is -3.90. The highest BCUT2D eigenvalue weighted by Crippen LogP contribution is 2.46. The molecule has 0 saturated heterocycles. The molecule has 53 heavy (non-hydrogen) atoms. The molecule has 2 aliphatic carbocycles. The van der Waals surface area contributed by atoms with Gasteiger partial charge < -0.3 is 0 Å².